The zero-order valence-corrected chi connectivity index (χ0v) is 10.2. The number of ether oxygens (including phenoxy) is 1. The van der Waals surface area contributed by atoms with E-state index in [9.17, 15) is 5.11 Å². The van der Waals surface area contributed by atoms with Gasteiger partial charge in [0.25, 0.3) is 0 Å². The van der Waals surface area contributed by atoms with Gasteiger partial charge in [0.05, 0.1) is 12.2 Å². The fourth-order valence-corrected chi connectivity index (χ4v) is 1.90. The van der Waals surface area contributed by atoms with Gasteiger partial charge in [-0.05, 0) is 24.8 Å². The molecule has 1 rings (SSSR count). The second-order valence-electron chi connectivity index (χ2n) is 4.15. The van der Waals surface area contributed by atoms with Crippen LogP contribution in [0.2, 0.25) is 0 Å². The Balaban J connectivity index is 2.36. The average molecular weight is 222 g/mol. The number of aliphatic hydroxyl groups excluding tert-OH is 1. The summed E-state index contributed by atoms with van der Waals surface area (Å²) in [6.45, 7) is 2.11. The molecule has 2 atom stereocenters. The third-order valence-corrected chi connectivity index (χ3v) is 2.88. The number of benzene rings is 1. The van der Waals surface area contributed by atoms with Gasteiger partial charge < -0.3 is 9.84 Å². The molecule has 90 valence electrons. The molecular weight excluding hydrogens is 200 g/mol. The quantitative estimate of drug-likeness (QED) is 0.768. The van der Waals surface area contributed by atoms with Gasteiger partial charge in [0.15, 0.2) is 0 Å². The lowest BCUT2D eigenvalue weighted by molar-refractivity contribution is -0.0199. The Morgan fingerprint density at radius 1 is 1.19 bits per heavy atom. The van der Waals surface area contributed by atoms with Gasteiger partial charge in [-0.1, -0.05) is 43.7 Å². The average Bonchev–Trinajstić information content (AvgIpc) is 2.34. The van der Waals surface area contributed by atoms with Crippen molar-refractivity contribution in [2.45, 2.75) is 44.8 Å². The number of aliphatic hydroxyl groups is 1. The highest BCUT2D eigenvalue weighted by Gasteiger charge is 2.17. The molecule has 0 radical (unpaired) electrons. The summed E-state index contributed by atoms with van der Waals surface area (Å²) in [7, 11) is 1.67. The van der Waals surface area contributed by atoms with Crippen LogP contribution in [0.5, 0.6) is 0 Å². The lowest BCUT2D eigenvalue weighted by atomic mass is 10.0. The van der Waals surface area contributed by atoms with Crippen LogP contribution in [0, 0.1) is 0 Å². The van der Waals surface area contributed by atoms with Crippen molar-refractivity contribution in [2.24, 2.45) is 0 Å². The molecule has 2 heteroatoms. The Morgan fingerprint density at radius 2 is 1.88 bits per heavy atom. The van der Waals surface area contributed by atoms with Crippen molar-refractivity contribution in [1.29, 1.82) is 0 Å². The highest BCUT2D eigenvalue weighted by molar-refractivity contribution is 5.14. The first-order valence-corrected chi connectivity index (χ1v) is 6.02. The summed E-state index contributed by atoms with van der Waals surface area (Å²) in [5.74, 6) is 0. The molecule has 0 aromatic heterocycles. The largest absolute Gasteiger partial charge is 0.390 e. The molecule has 0 spiro atoms. The third kappa shape index (κ3) is 4.33. The van der Waals surface area contributed by atoms with Gasteiger partial charge in [-0.15, -0.1) is 0 Å². The van der Waals surface area contributed by atoms with Crippen LogP contribution in [0.15, 0.2) is 30.3 Å². The molecule has 0 heterocycles. The molecule has 1 aromatic carbocycles. The minimum absolute atomic E-state index is 0.0197. The second kappa shape index (κ2) is 7.42. The minimum atomic E-state index is -0.356. The molecule has 0 fully saturated rings. The first kappa shape index (κ1) is 13.2. The van der Waals surface area contributed by atoms with Gasteiger partial charge in [-0.25, -0.2) is 0 Å². The molecule has 0 bridgehead atoms. The van der Waals surface area contributed by atoms with Gasteiger partial charge in [-0.2, -0.15) is 0 Å². The standard InChI is InChI=1S/C14H22O2/c1-3-7-14(16-2)13(15)11-10-12-8-5-4-6-9-12/h4-6,8-9,13-15H,3,7,10-11H2,1-2H3. The number of hydrogen-bond donors (Lipinski definition) is 1. The Bertz CT molecular complexity index is 271. The van der Waals surface area contributed by atoms with E-state index in [1.165, 1.54) is 5.56 Å². The fourth-order valence-electron chi connectivity index (χ4n) is 1.90. The van der Waals surface area contributed by atoms with Crippen LogP contribution >= 0.6 is 0 Å². The number of methoxy groups -OCH3 is 1. The maximum absolute atomic E-state index is 9.98. The van der Waals surface area contributed by atoms with Gasteiger partial charge in [0, 0.05) is 7.11 Å². The molecule has 1 aromatic rings. The van der Waals surface area contributed by atoms with Gasteiger partial charge in [-0.3, -0.25) is 0 Å². The van der Waals surface area contributed by atoms with E-state index in [2.05, 4.69) is 19.1 Å². The fraction of sp³-hybridized carbons (Fsp3) is 0.571. The van der Waals surface area contributed by atoms with Crippen LogP contribution in [-0.2, 0) is 11.2 Å². The Morgan fingerprint density at radius 3 is 2.44 bits per heavy atom. The molecule has 16 heavy (non-hydrogen) atoms. The van der Waals surface area contributed by atoms with E-state index in [4.69, 9.17) is 4.74 Å². The van der Waals surface area contributed by atoms with Gasteiger partial charge in [0.1, 0.15) is 0 Å². The van der Waals surface area contributed by atoms with Crippen molar-refractivity contribution >= 4 is 0 Å². The first-order valence-electron chi connectivity index (χ1n) is 6.02. The third-order valence-electron chi connectivity index (χ3n) is 2.88. The molecule has 0 saturated heterocycles. The van der Waals surface area contributed by atoms with Gasteiger partial charge in [0.2, 0.25) is 0 Å². The maximum Gasteiger partial charge on any atom is 0.0830 e. The second-order valence-corrected chi connectivity index (χ2v) is 4.15. The lowest BCUT2D eigenvalue weighted by Gasteiger charge is -2.21. The Labute approximate surface area is 98.3 Å². The summed E-state index contributed by atoms with van der Waals surface area (Å²) >= 11 is 0. The van der Waals surface area contributed by atoms with Crippen LogP contribution in [0.25, 0.3) is 0 Å². The van der Waals surface area contributed by atoms with E-state index in [0.29, 0.717) is 0 Å². The predicted octanol–water partition coefficient (Wildman–Crippen LogP) is 2.80. The SMILES string of the molecule is CCCC(OC)C(O)CCc1ccccc1. The van der Waals surface area contributed by atoms with E-state index >= 15 is 0 Å². The normalized spacial score (nSPS) is 14.7. The van der Waals surface area contributed by atoms with E-state index in [1.807, 2.05) is 18.2 Å². The van der Waals surface area contributed by atoms with Crippen LogP contribution in [-0.4, -0.2) is 24.4 Å². The van der Waals surface area contributed by atoms with Crippen molar-refractivity contribution in [1.82, 2.24) is 0 Å². The van der Waals surface area contributed by atoms with Crippen molar-refractivity contribution in [3.63, 3.8) is 0 Å². The van der Waals surface area contributed by atoms with Crippen LogP contribution in [0.3, 0.4) is 0 Å². The van der Waals surface area contributed by atoms with E-state index in [-0.39, 0.29) is 12.2 Å². The number of aryl methyl sites for hydroxylation is 1. The molecule has 0 aliphatic carbocycles. The van der Waals surface area contributed by atoms with Crippen LogP contribution < -0.4 is 0 Å². The minimum Gasteiger partial charge on any atom is -0.390 e. The van der Waals surface area contributed by atoms with Crippen LogP contribution in [0.1, 0.15) is 31.7 Å². The smallest absolute Gasteiger partial charge is 0.0830 e. The lowest BCUT2D eigenvalue weighted by Crippen LogP contribution is -2.28. The molecule has 0 aliphatic heterocycles. The summed E-state index contributed by atoms with van der Waals surface area (Å²) < 4.78 is 5.29. The predicted molar refractivity (Wildman–Crippen MR) is 66.5 cm³/mol. The van der Waals surface area contributed by atoms with Crippen molar-refractivity contribution < 1.29 is 9.84 Å². The summed E-state index contributed by atoms with van der Waals surface area (Å²) in [6.07, 6.45) is 3.26. The Hall–Kier alpha value is -0.860. The molecule has 0 aliphatic rings. The molecule has 0 amide bonds. The molecule has 2 nitrogen and oxygen atoms in total. The van der Waals surface area contributed by atoms with E-state index < -0.39 is 0 Å². The zero-order valence-electron chi connectivity index (χ0n) is 10.2. The molecule has 2 unspecified atom stereocenters. The highest BCUT2D eigenvalue weighted by atomic mass is 16.5. The van der Waals surface area contributed by atoms with Crippen molar-refractivity contribution in [2.75, 3.05) is 7.11 Å². The van der Waals surface area contributed by atoms with E-state index in [0.717, 1.165) is 25.7 Å². The first-order chi connectivity index (χ1) is 7.77. The van der Waals surface area contributed by atoms with Crippen LogP contribution in [0.4, 0.5) is 0 Å². The summed E-state index contributed by atoms with van der Waals surface area (Å²) in [4.78, 5) is 0. The van der Waals surface area contributed by atoms with Crippen molar-refractivity contribution in [3.05, 3.63) is 35.9 Å². The number of hydrogen-bond acceptors (Lipinski definition) is 2. The Kier molecular flexibility index (Phi) is 6.12. The van der Waals surface area contributed by atoms with E-state index in [1.54, 1.807) is 7.11 Å². The molecule has 1 N–H and O–H groups in total. The summed E-state index contributed by atoms with van der Waals surface area (Å²) in [6, 6.07) is 10.3. The molecule has 0 saturated carbocycles. The topological polar surface area (TPSA) is 29.5 Å². The maximum atomic E-state index is 9.98. The van der Waals surface area contributed by atoms with Crippen molar-refractivity contribution in [3.8, 4) is 0 Å². The molecular formula is C14H22O2. The highest BCUT2D eigenvalue weighted by Crippen LogP contribution is 2.12. The monoisotopic (exact) mass is 222 g/mol. The summed E-state index contributed by atoms with van der Waals surface area (Å²) in [5.41, 5.74) is 1.27. The number of rotatable bonds is 7. The summed E-state index contributed by atoms with van der Waals surface area (Å²) in [5, 5.41) is 9.98. The van der Waals surface area contributed by atoms with Gasteiger partial charge >= 0.3 is 0 Å². The zero-order chi connectivity index (χ0) is 11.8.